The van der Waals surface area contributed by atoms with E-state index in [-0.39, 0.29) is 11.7 Å². The Morgan fingerprint density at radius 1 is 1.43 bits per heavy atom. The maximum Gasteiger partial charge on any atom is 0.296 e. The highest BCUT2D eigenvalue weighted by molar-refractivity contribution is 7.83. The normalized spacial score (nSPS) is 14.7. The average Bonchev–Trinajstić information content (AvgIpc) is 2.28. The number of benzene rings is 1. The fourth-order valence-electron chi connectivity index (χ4n) is 1.10. The maximum atomic E-state index is 12.1. The van der Waals surface area contributed by atoms with Crippen LogP contribution < -0.4 is 5.30 Å². The lowest BCUT2D eigenvalue weighted by Crippen LogP contribution is -2.14. The predicted molar refractivity (Wildman–Crippen MR) is 60.3 cm³/mol. The van der Waals surface area contributed by atoms with Gasteiger partial charge in [0.05, 0.1) is 0 Å². The molecule has 0 aromatic heterocycles. The Morgan fingerprint density at radius 3 is 2.43 bits per heavy atom. The van der Waals surface area contributed by atoms with Gasteiger partial charge >= 0.3 is 0 Å². The highest BCUT2D eigenvalue weighted by atomic mass is 31.2. The first-order chi connectivity index (χ1) is 6.65. The van der Waals surface area contributed by atoms with E-state index in [1.54, 1.807) is 30.3 Å². The third kappa shape index (κ3) is 2.12. The fourth-order valence-corrected chi connectivity index (χ4v) is 3.32. The highest BCUT2D eigenvalue weighted by Gasteiger charge is 2.31. The molecule has 0 radical (unpaired) electrons. The minimum absolute atomic E-state index is 0.139. The summed E-state index contributed by atoms with van der Waals surface area (Å²) in [6.07, 6.45) is 0.139. The Hall–Kier alpha value is -0.490. The zero-order chi connectivity index (χ0) is 10.6. The van der Waals surface area contributed by atoms with Crippen molar-refractivity contribution < 1.29 is 13.9 Å². The molecule has 0 saturated heterocycles. The van der Waals surface area contributed by atoms with Gasteiger partial charge in [0.15, 0.2) is 0 Å². The molecule has 0 amide bonds. The molecule has 0 spiro atoms. The van der Waals surface area contributed by atoms with Crippen molar-refractivity contribution in [3.8, 4) is 0 Å². The van der Waals surface area contributed by atoms with Gasteiger partial charge in [-0.25, -0.2) is 0 Å². The summed E-state index contributed by atoms with van der Waals surface area (Å²) < 4.78 is 17.0. The highest BCUT2D eigenvalue weighted by Crippen LogP contribution is 2.45. The van der Waals surface area contributed by atoms with E-state index in [4.69, 9.17) is 4.52 Å². The van der Waals surface area contributed by atoms with Crippen LogP contribution in [0.25, 0.3) is 0 Å². The maximum absolute atomic E-state index is 12.1. The van der Waals surface area contributed by atoms with Gasteiger partial charge in [-0.1, -0.05) is 18.2 Å². The summed E-state index contributed by atoms with van der Waals surface area (Å²) in [4.78, 5) is 11.5. The van der Waals surface area contributed by atoms with E-state index < -0.39 is 7.37 Å². The van der Waals surface area contributed by atoms with Gasteiger partial charge in [0.1, 0.15) is 0 Å². The van der Waals surface area contributed by atoms with Crippen LogP contribution in [-0.4, -0.2) is 18.8 Å². The molecule has 0 bridgehead atoms. The smallest absolute Gasteiger partial charge is 0.296 e. The number of hydrogen-bond donors (Lipinski definition) is 0. The van der Waals surface area contributed by atoms with Crippen molar-refractivity contribution in [2.75, 3.05) is 13.3 Å². The lowest BCUT2D eigenvalue weighted by molar-refractivity contribution is -0.110. The summed E-state index contributed by atoms with van der Waals surface area (Å²) in [7, 11) is 0.254. The molecule has 2 unspecified atom stereocenters. The molecule has 5 heteroatoms. The van der Waals surface area contributed by atoms with E-state index in [2.05, 4.69) is 9.24 Å². The second-order valence-corrected chi connectivity index (χ2v) is 5.56. The molecule has 0 aliphatic carbocycles. The molecule has 0 aliphatic rings. The summed E-state index contributed by atoms with van der Waals surface area (Å²) in [6.45, 7) is 0. The summed E-state index contributed by atoms with van der Waals surface area (Å²) in [5.74, 6) is 0. The van der Waals surface area contributed by atoms with Gasteiger partial charge in [-0.3, -0.25) is 9.36 Å². The van der Waals surface area contributed by atoms with Gasteiger partial charge < -0.3 is 4.52 Å². The Morgan fingerprint density at radius 2 is 2.00 bits per heavy atom. The van der Waals surface area contributed by atoms with Gasteiger partial charge in [-0.05, 0) is 12.1 Å². The Balaban J connectivity index is 3.15. The van der Waals surface area contributed by atoms with Crippen LogP contribution in [-0.2, 0) is 13.9 Å². The molecule has 2 atom stereocenters. The first-order valence-corrected chi connectivity index (χ1v) is 6.54. The van der Waals surface area contributed by atoms with E-state index in [9.17, 15) is 9.36 Å². The molecule has 0 aliphatic heterocycles. The van der Waals surface area contributed by atoms with E-state index in [1.165, 1.54) is 7.11 Å². The van der Waals surface area contributed by atoms with Crippen molar-refractivity contribution in [1.82, 2.24) is 0 Å². The van der Waals surface area contributed by atoms with Crippen molar-refractivity contribution in [2.45, 2.75) is 0 Å². The molecule has 0 saturated carbocycles. The van der Waals surface area contributed by atoms with Crippen LogP contribution in [0.15, 0.2) is 30.3 Å². The fraction of sp³-hybridized carbons (Fsp3) is 0.222. The number of rotatable bonds is 4. The van der Waals surface area contributed by atoms with Gasteiger partial charge in [-0.2, -0.15) is 0 Å². The molecule has 1 rings (SSSR count). The minimum atomic E-state index is -3.30. The first kappa shape index (κ1) is 11.6. The van der Waals surface area contributed by atoms with E-state index in [1.807, 2.05) is 0 Å². The number of hydrogen-bond acceptors (Lipinski definition) is 3. The van der Waals surface area contributed by atoms with Crippen molar-refractivity contribution >= 4 is 27.4 Å². The van der Waals surface area contributed by atoms with Gasteiger partial charge in [0, 0.05) is 18.6 Å². The third-order valence-corrected chi connectivity index (χ3v) is 4.90. The number of carbonyl (C=O) groups excluding carboxylic acids is 1. The van der Waals surface area contributed by atoms with Crippen LogP contribution in [0, 0.1) is 0 Å². The largest absolute Gasteiger partial charge is 0.323 e. The Labute approximate surface area is 85.5 Å². The van der Waals surface area contributed by atoms with Crippen molar-refractivity contribution in [3.63, 3.8) is 0 Å². The topological polar surface area (TPSA) is 43.4 Å². The molecule has 0 N–H and O–H groups in total. The van der Waals surface area contributed by atoms with Crippen LogP contribution >= 0.6 is 16.6 Å². The SMILES string of the molecule is COP(=O)(C(=O)CP)c1ccccc1. The van der Waals surface area contributed by atoms with Gasteiger partial charge in [0.2, 0.25) is 5.52 Å². The van der Waals surface area contributed by atoms with Crippen LogP contribution in [0.1, 0.15) is 0 Å². The summed E-state index contributed by atoms with van der Waals surface area (Å²) in [6, 6.07) is 8.55. The standard InChI is InChI=1S/C9H12O3P2/c1-12-14(11,9(10)7-13)8-5-3-2-4-6-8/h2-6H,7,13H2,1H3. The molecular formula is C9H12O3P2. The molecule has 14 heavy (non-hydrogen) atoms. The Kier molecular flexibility index (Phi) is 4.00. The average molecular weight is 230 g/mol. The lowest BCUT2D eigenvalue weighted by Gasteiger charge is -2.13. The van der Waals surface area contributed by atoms with Crippen LogP contribution in [0.4, 0.5) is 0 Å². The molecule has 0 heterocycles. The monoisotopic (exact) mass is 230 g/mol. The van der Waals surface area contributed by atoms with E-state index in [0.29, 0.717) is 5.30 Å². The minimum Gasteiger partial charge on any atom is -0.323 e. The van der Waals surface area contributed by atoms with Gasteiger partial charge in [-0.15, -0.1) is 9.24 Å². The molecule has 1 aromatic rings. The predicted octanol–water partition coefficient (Wildman–Crippen LogP) is 1.64. The number of carbonyl (C=O) groups is 1. The van der Waals surface area contributed by atoms with Crippen molar-refractivity contribution in [1.29, 1.82) is 0 Å². The lowest BCUT2D eigenvalue weighted by atomic mass is 10.4. The third-order valence-electron chi connectivity index (χ3n) is 1.86. The zero-order valence-electron chi connectivity index (χ0n) is 7.84. The second kappa shape index (κ2) is 4.84. The molecule has 76 valence electrons. The second-order valence-electron chi connectivity index (χ2n) is 2.67. The molecule has 0 fully saturated rings. The van der Waals surface area contributed by atoms with Crippen LogP contribution in [0.2, 0.25) is 0 Å². The quantitative estimate of drug-likeness (QED) is 0.738. The summed E-state index contributed by atoms with van der Waals surface area (Å²) in [5.41, 5.74) is -0.379. The van der Waals surface area contributed by atoms with E-state index >= 15 is 0 Å². The first-order valence-electron chi connectivity index (χ1n) is 4.10. The molecule has 3 nitrogen and oxygen atoms in total. The molecule has 1 aromatic carbocycles. The summed E-state index contributed by atoms with van der Waals surface area (Å²) in [5, 5.41) is 0.454. The van der Waals surface area contributed by atoms with Crippen LogP contribution in [0.5, 0.6) is 0 Å². The van der Waals surface area contributed by atoms with Crippen LogP contribution in [0.3, 0.4) is 0 Å². The van der Waals surface area contributed by atoms with Crippen molar-refractivity contribution in [3.05, 3.63) is 30.3 Å². The van der Waals surface area contributed by atoms with E-state index in [0.717, 1.165) is 0 Å². The summed E-state index contributed by atoms with van der Waals surface area (Å²) >= 11 is 0. The zero-order valence-corrected chi connectivity index (χ0v) is 9.89. The Bertz CT molecular complexity index is 362. The van der Waals surface area contributed by atoms with Gasteiger partial charge in [0.25, 0.3) is 7.37 Å². The molecular weight excluding hydrogens is 218 g/mol. The van der Waals surface area contributed by atoms with Crippen molar-refractivity contribution in [2.24, 2.45) is 0 Å².